The van der Waals surface area contributed by atoms with Crippen LogP contribution in [0.2, 0.25) is 0 Å². The molecule has 1 unspecified atom stereocenters. The normalized spacial score (nSPS) is 14.1. The molecule has 0 spiro atoms. The van der Waals surface area contributed by atoms with E-state index in [1.54, 1.807) is 0 Å². The number of aromatic hydroxyl groups is 1. The van der Waals surface area contributed by atoms with Gasteiger partial charge in [-0.05, 0) is 44.6 Å². The number of carbonyl (C=O) groups excluding carboxylic acids is 1. The predicted octanol–water partition coefficient (Wildman–Crippen LogP) is 3.66. The van der Waals surface area contributed by atoms with Crippen molar-refractivity contribution in [2.75, 3.05) is 19.7 Å². The highest BCUT2D eigenvalue weighted by atomic mass is 32.2. The SMILES string of the molecule is CCN(CC)C(C)S(=O)(=O)C(F)(F)C(F)(F)CCCOC(=O)c1cccc(O)c1. The van der Waals surface area contributed by atoms with Crippen LogP contribution in [0.1, 0.15) is 44.0 Å². The molecule has 0 aliphatic rings. The molecule has 0 aliphatic carbocycles. The molecule has 1 rings (SSSR count). The summed E-state index contributed by atoms with van der Waals surface area (Å²) in [5, 5.41) is 2.20. The number of hydrogen-bond donors (Lipinski definition) is 1. The Morgan fingerprint density at radius 1 is 1.21 bits per heavy atom. The molecule has 0 fully saturated rings. The highest BCUT2D eigenvalue weighted by Gasteiger charge is 2.66. The number of alkyl halides is 4. The average molecular weight is 443 g/mol. The van der Waals surface area contributed by atoms with E-state index in [1.807, 2.05) is 0 Å². The second-order valence-corrected chi connectivity index (χ2v) is 8.66. The summed E-state index contributed by atoms with van der Waals surface area (Å²) >= 11 is 0. The van der Waals surface area contributed by atoms with Gasteiger partial charge in [-0.1, -0.05) is 19.9 Å². The minimum absolute atomic E-state index is 0.0438. The lowest BCUT2D eigenvalue weighted by molar-refractivity contribution is -0.163. The third-order valence-corrected chi connectivity index (χ3v) is 6.72. The first-order valence-corrected chi connectivity index (χ1v) is 10.6. The van der Waals surface area contributed by atoms with E-state index in [4.69, 9.17) is 4.74 Å². The van der Waals surface area contributed by atoms with Gasteiger partial charge in [0.2, 0.25) is 9.84 Å². The lowest BCUT2D eigenvalue weighted by Gasteiger charge is -2.33. The van der Waals surface area contributed by atoms with Crippen LogP contribution in [0.3, 0.4) is 0 Å². The van der Waals surface area contributed by atoms with E-state index in [2.05, 4.69) is 0 Å². The van der Waals surface area contributed by atoms with Gasteiger partial charge < -0.3 is 9.84 Å². The molecule has 0 heterocycles. The Bertz CT molecular complexity index is 797. The molecule has 6 nitrogen and oxygen atoms in total. The smallest absolute Gasteiger partial charge is 0.408 e. The third kappa shape index (κ3) is 5.59. The highest BCUT2D eigenvalue weighted by molar-refractivity contribution is 7.93. The van der Waals surface area contributed by atoms with Crippen LogP contribution in [0.25, 0.3) is 0 Å². The van der Waals surface area contributed by atoms with Gasteiger partial charge in [-0.15, -0.1) is 0 Å². The van der Waals surface area contributed by atoms with Crippen molar-refractivity contribution in [3.63, 3.8) is 0 Å². The van der Waals surface area contributed by atoms with Crippen LogP contribution in [-0.4, -0.2) is 60.6 Å². The number of phenols is 1. The number of carbonyl (C=O) groups is 1. The van der Waals surface area contributed by atoms with Gasteiger partial charge in [0.25, 0.3) is 0 Å². The number of halogens is 4. The van der Waals surface area contributed by atoms with Crippen molar-refractivity contribution < 1.29 is 40.6 Å². The van der Waals surface area contributed by atoms with Crippen molar-refractivity contribution in [3.8, 4) is 5.75 Å². The molecule has 0 aromatic heterocycles. The molecule has 11 heteroatoms. The van der Waals surface area contributed by atoms with E-state index in [0.717, 1.165) is 17.9 Å². The van der Waals surface area contributed by atoms with Crippen LogP contribution >= 0.6 is 0 Å². The number of benzene rings is 1. The first-order chi connectivity index (χ1) is 13.3. The predicted molar refractivity (Wildman–Crippen MR) is 98.8 cm³/mol. The standard InChI is InChI=1S/C18H25F4NO5S/c1-4-23(5-2)13(3)29(26,27)18(21,22)17(19,20)10-7-11-28-16(25)14-8-6-9-15(24)12-14/h6,8-9,12-13,24H,4-5,7,10-11H2,1-3H3. The van der Waals surface area contributed by atoms with Gasteiger partial charge in [-0.2, -0.15) is 17.6 Å². The van der Waals surface area contributed by atoms with Crippen LogP contribution in [0, 0.1) is 0 Å². The Morgan fingerprint density at radius 2 is 1.79 bits per heavy atom. The Morgan fingerprint density at radius 3 is 2.31 bits per heavy atom. The van der Waals surface area contributed by atoms with Gasteiger partial charge in [0, 0.05) is 6.42 Å². The van der Waals surface area contributed by atoms with Crippen molar-refractivity contribution in [2.24, 2.45) is 0 Å². The van der Waals surface area contributed by atoms with Crippen LogP contribution in [0.5, 0.6) is 5.75 Å². The minimum Gasteiger partial charge on any atom is -0.508 e. The average Bonchev–Trinajstić information content (AvgIpc) is 2.65. The van der Waals surface area contributed by atoms with Crippen molar-refractivity contribution in [2.45, 2.75) is 50.2 Å². The summed E-state index contributed by atoms with van der Waals surface area (Å²) in [6, 6.07) is 5.07. The zero-order valence-corrected chi connectivity index (χ0v) is 17.2. The number of hydrogen-bond acceptors (Lipinski definition) is 6. The highest BCUT2D eigenvalue weighted by Crippen LogP contribution is 2.44. The summed E-state index contributed by atoms with van der Waals surface area (Å²) in [5.74, 6) is -5.98. The first kappa shape index (κ1) is 25.2. The van der Waals surface area contributed by atoms with Crippen molar-refractivity contribution in [3.05, 3.63) is 29.8 Å². The van der Waals surface area contributed by atoms with Crippen LogP contribution in [0.4, 0.5) is 17.6 Å². The number of rotatable bonds is 11. The molecule has 29 heavy (non-hydrogen) atoms. The number of sulfone groups is 1. The lowest BCUT2D eigenvalue weighted by Crippen LogP contribution is -2.54. The fraction of sp³-hybridized carbons (Fsp3) is 0.611. The molecule has 1 aromatic carbocycles. The van der Waals surface area contributed by atoms with E-state index in [9.17, 15) is 35.9 Å². The number of ether oxygens (including phenoxy) is 1. The summed E-state index contributed by atoms with van der Waals surface area (Å²) < 4.78 is 85.7. The first-order valence-electron chi connectivity index (χ1n) is 9.01. The zero-order chi connectivity index (χ0) is 22.5. The van der Waals surface area contributed by atoms with Gasteiger partial charge in [0.1, 0.15) is 11.1 Å². The largest absolute Gasteiger partial charge is 0.508 e. The van der Waals surface area contributed by atoms with Gasteiger partial charge in [0.15, 0.2) is 0 Å². The van der Waals surface area contributed by atoms with Crippen LogP contribution in [-0.2, 0) is 14.6 Å². The summed E-state index contributed by atoms with van der Waals surface area (Å²) in [6.07, 6.45) is -2.17. The molecule has 0 aliphatic heterocycles. The maximum absolute atomic E-state index is 14.3. The second-order valence-electron chi connectivity index (χ2n) is 6.38. The maximum Gasteiger partial charge on any atom is 0.408 e. The molecule has 0 amide bonds. The molecular formula is C18H25F4NO5S. The fourth-order valence-corrected chi connectivity index (χ4v) is 4.31. The minimum atomic E-state index is -5.51. The van der Waals surface area contributed by atoms with Crippen LogP contribution in [0.15, 0.2) is 24.3 Å². The summed E-state index contributed by atoms with van der Waals surface area (Å²) in [4.78, 5) is 12.9. The molecule has 1 aromatic rings. The molecule has 0 radical (unpaired) electrons. The molecule has 1 N–H and O–H groups in total. The third-order valence-electron chi connectivity index (χ3n) is 4.51. The molecule has 166 valence electrons. The van der Waals surface area contributed by atoms with Gasteiger partial charge >= 0.3 is 17.1 Å². The number of esters is 1. The number of nitrogens with zero attached hydrogens (tertiary/aromatic N) is 1. The van der Waals surface area contributed by atoms with Gasteiger partial charge in [0.05, 0.1) is 12.2 Å². The Labute approximate surface area is 167 Å². The second kappa shape index (κ2) is 9.75. The van der Waals surface area contributed by atoms with E-state index in [1.165, 1.54) is 32.0 Å². The summed E-state index contributed by atoms with van der Waals surface area (Å²) in [7, 11) is -5.51. The van der Waals surface area contributed by atoms with E-state index in [0.29, 0.717) is 0 Å². The Balaban J connectivity index is 2.76. The lowest BCUT2D eigenvalue weighted by atomic mass is 10.2. The molecule has 0 saturated carbocycles. The Hall–Kier alpha value is -1.88. The summed E-state index contributed by atoms with van der Waals surface area (Å²) in [6.45, 7) is 3.60. The van der Waals surface area contributed by atoms with Crippen LogP contribution < -0.4 is 0 Å². The molecule has 1 atom stereocenters. The Kier molecular flexibility index (Phi) is 8.46. The zero-order valence-electron chi connectivity index (χ0n) is 16.4. The van der Waals surface area contributed by atoms with Crippen molar-refractivity contribution in [1.29, 1.82) is 0 Å². The summed E-state index contributed by atoms with van der Waals surface area (Å²) in [5.41, 5.74) is -0.0438. The van der Waals surface area contributed by atoms with E-state index in [-0.39, 0.29) is 24.4 Å². The maximum atomic E-state index is 14.3. The molecule has 0 saturated heterocycles. The molecular weight excluding hydrogens is 418 g/mol. The van der Waals surface area contributed by atoms with E-state index < -0.39 is 51.8 Å². The van der Waals surface area contributed by atoms with Crippen molar-refractivity contribution in [1.82, 2.24) is 4.90 Å². The molecule has 0 bridgehead atoms. The van der Waals surface area contributed by atoms with Crippen molar-refractivity contribution >= 4 is 15.8 Å². The monoisotopic (exact) mass is 443 g/mol. The number of phenolic OH excluding ortho intramolecular Hbond substituents is 1. The van der Waals surface area contributed by atoms with Gasteiger partial charge in [-0.3, -0.25) is 4.90 Å². The fourth-order valence-electron chi connectivity index (χ4n) is 2.68. The van der Waals surface area contributed by atoms with E-state index >= 15 is 0 Å². The topological polar surface area (TPSA) is 83.9 Å². The quantitative estimate of drug-likeness (QED) is 0.319. The van der Waals surface area contributed by atoms with Gasteiger partial charge in [-0.25, -0.2) is 13.2 Å².